The number of imide groups is 1. The first-order valence-electron chi connectivity index (χ1n) is 9.96. The fourth-order valence-corrected chi connectivity index (χ4v) is 7.06. The first-order valence-corrected chi connectivity index (χ1v) is 13.6. The second-order valence-corrected chi connectivity index (χ2v) is 12.1. The SMILES string of the molecule is Cc1noc(C)c1-c1ccc2nc(C(c3nnc(CC4SC(=O)NC4=O)o3)S(C)(=O)=O)sc2c1. The number of hydrogen-bond donors (Lipinski definition) is 1. The number of amides is 2. The van der Waals surface area contributed by atoms with E-state index < -0.39 is 31.5 Å². The van der Waals surface area contributed by atoms with Gasteiger partial charge in [0, 0.05) is 18.2 Å². The Hall–Kier alpha value is -3.10. The Kier molecular flexibility index (Phi) is 5.53. The highest BCUT2D eigenvalue weighted by Gasteiger charge is 2.36. The molecule has 2 amide bonds. The molecule has 0 radical (unpaired) electrons. The number of thioether (sulfide) groups is 1. The van der Waals surface area contributed by atoms with Crippen LogP contribution in [0.2, 0.25) is 0 Å². The van der Waals surface area contributed by atoms with Crippen LogP contribution in [0.1, 0.15) is 33.5 Å². The molecule has 1 N–H and O–H groups in total. The van der Waals surface area contributed by atoms with Gasteiger partial charge in [0.25, 0.3) is 5.24 Å². The van der Waals surface area contributed by atoms with Crippen molar-refractivity contribution < 1.29 is 26.9 Å². The summed E-state index contributed by atoms with van der Waals surface area (Å²) < 4.78 is 37.1. The number of carbonyl (C=O) groups excluding carboxylic acids is 2. The van der Waals surface area contributed by atoms with E-state index in [1.807, 2.05) is 32.0 Å². The standard InChI is InChI=1S/C20H17N5O6S3/c1-8-15(9(2)31-25-8)10-4-5-11-12(6-10)32-19(21-11)16(34(3,28)29)18-24-23-14(30-18)7-13-17(26)22-20(27)33-13/h4-6,13,16H,7H2,1-3H3,(H,22,26,27). The van der Waals surface area contributed by atoms with Gasteiger partial charge in [0.2, 0.25) is 17.7 Å². The molecule has 34 heavy (non-hydrogen) atoms. The summed E-state index contributed by atoms with van der Waals surface area (Å²) in [6.07, 6.45) is 1.08. The number of nitrogens with zero attached hydrogens (tertiary/aromatic N) is 4. The van der Waals surface area contributed by atoms with Crippen molar-refractivity contribution in [3.63, 3.8) is 0 Å². The largest absolute Gasteiger partial charge is 0.423 e. The van der Waals surface area contributed by atoms with E-state index in [0.717, 1.165) is 39.5 Å². The van der Waals surface area contributed by atoms with Gasteiger partial charge in [0.05, 0.1) is 15.9 Å². The number of rotatable bonds is 6. The molecule has 2 atom stereocenters. The summed E-state index contributed by atoms with van der Waals surface area (Å²) in [5, 5.41) is 11.9. The fourth-order valence-electron chi connectivity index (χ4n) is 3.72. The Bertz CT molecular complexity index is 1530. The van der Waals surface area contributed by atoms with Crippen LogP contribution in [0, 0.1) is 13.8 Å². The van der Waals surface area contributed by atoms with Gasteiger partial charge in [-0.1, -0.05) is 23.0 Å². The molecule has 1 aliphatic rings. The average Bonchev–Trinajstić information content (AvgIpc) is 3.50. The lowest BCUT2D eigenvalue weighted by Gasteiger charge is -2.07. The maximum Gasteiger partial charge on any atom is 0.286 e. The third-order valence-corrected chi connectivity index (χ3v) is 8.71. The van der Waals surface area contributed by atoms with Crippen molar-refractivity contribution in [3.8, 4) is 11.1 Å². The van der Waals surface area contributed by atoms with Gasteiger partial charge in [0.1, 0.15) is 16.0 Å². The van der Waals surface area contributed by atoms with Crippen molar-refractivity contribution in [1.82, 2.24) is 25.7 Å². The Labute approximate surface area is 201 Å². The number of benzene rings is 1. The van der Waals surface area contributed by atoms with Gasteiger partial charge in [-0.3, -0.25) is 14.9 Å². The molecule has 5 rings (SSSR count). The molecule has 0 aliphatic carbocycles. The minimum absolute atomic E-state index is 0.00631. The van der Waals surface area contributed by atoms with Gasteiger partial charge < -0.3 is 8.94 Å². The summed E-state index contributed by atoms with van der Waals surface area (Å²) >= 11 is 2.04. The highest BCUT2D eigenvalue weighted by molar-refractivity contribution is 8.15. The number of aromatic nitrogens is 4. The van der Waals surface area contributed by atoms with Crippen LogP contribution in [-0.4, -0.2) is 51.4 Å². The Balaban J connectivity index is 1.50. The van der Waals surface area contributed by atoms with Crippen molar-refractivity contribution in [3.05, 3.63) is 46.4 Å². The number of thiazole rings is 1. The van der Waals surface area contributed by atoms with Crippen LogP contribution in [0.5, 0.6) is 0 Å². The third kappa shape index (κ3) is 4.12. The van der Waals surface area contributed by atoms with E-state index >= 15 is 0 Å². The van der Waals surface area contributed by atoms with E-state index in [1.54, 1.807) is 0 Å². The molecular weight excluding hydrogens is 502 g/mol. The van der Waals surface area contributed by atoms with Crippen LogP contribution in [0.25, 0.3) is 21.3 Å². The summed E-state index contributed by atoms with van der Waals surface area (Å²) in [5.41, 5.74) is 3.15. The molecule has 4 heterocycles. The molecule has 14 heteroatoms. The molecule has 1 saturated heterocycles. The number of aryl methyl sites for hydroxylation is 2. The van der Waals surface area contributed by atoms with Gasteiger partial charge >= 0.3 is 0 Å². The predicted octanol–water partition coefficient (Wildman–Crippen LogP) is 2.98. The number of nitrogens with one attached hydrogen (secondary N) is 1. The topological polar surface area (TPSA) is 158 Å². The zero-order chi connectivity index (χ0) is 24.2. The molecule has 0 bridgehead atoms. The maximum absolute atomic E-state index is 12.7. The van der Waals surface area contributed by atoms with Crippen LogP contribution >= 0.6 is 23.1 Å². The molecule has 0 spiro atoms. The van der Waals surface area contributed by atoms with Gasteiger partial charge in [-0.05, 0) is 31.5 Å². The summed E-state index contributed by atoms with van der Waals surface area (Å²) in [6.45, 7) is 3.68. The quantitative estimate of drug-likeness (QED) is 0.399. The minimum atomic E-state index is -3.73. The highest BCUT2D eigenvalue weighted by Crippen LogP contribution is 2.37. The van der Waals surface area contributed by atoms with Gasteiger partial charge in [-0.15, -0.1) is 21.5 Å². The molecule has 11 nitrogen and oxygen atoms in total. The van der Waals surface area contributed by atoms with Crippen molar-refractivity contribution in [2.45, 2.75) is 30.8 Å². The van der Waals surface area contributed by atoms with Crippen molar-refractivity contribution in [2.75, 3.05) is 6.26 Å². The van der Waals surface area contributed by atoms with Crippen LogP contribution in [0.3, 0.4) is 0 Å². The Morgan fingerprint density at radius 2 is 2.00 bits per heavy atom. The van der Waals surface area contributed by atoms with Crippen molar-refractivity contribution in [2.24, 2.45) is 0 Å². The van der Waals surface area contributed by atoms with E-state index in [-0.39, 0.29) is 23.2 Å². The second-order valence-electron chi connectivity index (χ2n) is 7.76. The van der Waals surface area contributed by atoms with E-state index in [9.17, 15) is 18.0 Å². The lowest BCUT2D eigenvalue weighted by molar-refractivity contribution is -0.119. The van der Waals surface area contributed by atoms with Crippen molar-refractivity contribution >= 4 is 54.3 Å². The highest BCUT2D eigenvalue weighted by atomic mass is 32.2. The van der Waals surface area contributed by atoms with E-state index in [0.29, 0.717) is 11.3 Å². The summed E-state index contributed by atoms with van der Waals surface area (Å²) in [4.78, 5) is 27.7. The van der Waals surface area contributed by atoms with Crippen LogP contribution in [-0.2, 0) is 21.1 Å². The van der Waals surface area contributed by atoms with Crippen molar-refractivity contribution in [1.29, 1.82) is 0 Å². The molecular formula is C20H17N5O6S3. The normalized spacial score (nSPS) is 17.4. The maximum atomic E-state index is 12.7. The molecule has 4 aromatic rings. The summed E-state index contributed by atoms with van der Waals surface area (Å²) in [6, 6.07) is 5.60. The number of carbonyl (C=O) groups is 2. The smallest absolute Gasteiger partial charge is 0.286 e. The van der Waals surface area contributed by atoms with Crippen LogP contribution in [0.15, 0.2) is 27.1 Å². The van der Waals surface area contributed by atoms with E-state index in [1.165, 1.54) is 11.3 Å². The lowest BCUT2D eigenvalue weighted by Crippen LogP contribution is -2.25. The Morgan fingerprint density at radius 1 is 1.21 bits per heavy atom. The first-order chi connectivity index (χ1) is 16.1. The summed E-state index contributed by atoms with van der Waals surface area (Å²) in [5.74, 6) is 0.157. The van der Waals surface area contributed by atoms with E-state index in [4.69, 9.17) is 8.94 Å². The molecule has 3 aromatic heterocycles. The number of sulfone groups is 1. The van der Waals surface area contributed by atoms with Gasteiger partial charge in [-0.2, -0.15) is 0 Å². The molecule has 0 saturated carbocycles. The van der Waals surface area contributed by atoms with Gasteiger partial charge in [0.15, 0.2) is 15.1 Å². The first kappa shape index (κ1) is 22.7. The molecule has 1 aliphatic heterocycles. The van der Waals surface area contributed by atoms with Crippen LogP contribution < -0.4 is 5.32 Å². The molecule has 176 valence electrons. The monoisotopic (exact) mass is 519 g/mol. The molecule has 1 fully saturated rings. The van der Waals surface area contributed by atoms with Crippen LogP contribution in [0.4, 0.5) is 4.79 Å². The van der Waals surface area contributed by atoms with Gasteiger partial charge in [-0.25, -0.2) is 13.4 Å². The Morgan fingerprint density at radius 3 is 2.65 bits per heavy atom. The molecule has 2 unspecified atom stereocenters. The second kappa shape index (κ2) is 8.29. The zero-order valence-corrected chi connectivity index (χ0v) is 20.5. The molecule has 1 aromatic carbocycles. The predicted molar refractivity (Wildman–Crippen MR) is 124 cm³/mol. The number of fused-ring (bicyclic) bond motifs is 1. The third-order valence-electron chi connectivity index (χ3n) is 5.21. The average molecular weight is 520 g/mol. The minimum Gasteiger partial charge on any atom is -0.423 e. The zero-order valence-electron chi connectivity index (χ0n) is 18.1. The van der Waals surface area contributed by atoms with E-state index in [2.05, 4.69) is 25.7 Å². The lowest BCUT2D eigenvalue weighted by atomic mass is 10.0. The fraction of sp³-hybridized carbons (Fsp3) is 0.300. The summed E-state index contributed by atoms with van der Waals surface area (Å²) in [7, 11) is -3.73. The number of hydrogen-bond acceptors (Lipinski definition) is 12.